The van der Waals surface area contributed by atoms with Gasteiger partial charge in [-0.15, -0.1) is 0 Å². The van der Waals surface area contributed by atoms with Crippen molar-refractivity contribution in [3.63, 3.8) is 0 Å². The van der Waals surface area contributed by atoms with Crippen molar-refractivity contribution in [2.24, 2.45) is 0 Å². The van der Waals surface area contributed by atoms with Crippen LogP contribution in [0.4, 0.5) is 5.69 Å². The van der Waals surface area contributed by atoms with Gasteiger partial charge in [0.05, 0.1) is 6.61 Å². The molecule has 0 amide bonds. The van der Waals surface area contributed by atoms with Crippen molar-refractivity contribution in [1.29, 1.82) is 0 Å². The molecular weight excluding hydrogens is 248 g/mol. The zero-order valence-electron chi connectivity index (χ0n) is 12.9. The average Bonchev–Trinajstić information content (AvgIpc) is 2.50. The SMILES string of the molecule is CCC(NC)c1ccccc1N1CC=C(COC)CC1. The Balaban J connectivity index is 2.17. The fraction of sp³-hybridized carbons (Fsp3) is 0.529. The highest BCUT2D eigenvalue weighted by Gasteiger charge is 2.18. The topological polar surface area (TPSA) is 24.5 Å². The highest BCUT2D eigenvalue weighted by molar-refractivity contribution is 5.56. The van der Waals surface area contributed by atoms with Crippen molar-refractivity contribution in [3.05, 3.63) is 41.5 Å². The van der Waals surface area contributed by atoms with Crippen molar-refractivity contribution in [1.82, 2.24) is 5.32 Å². The molecule has 1 heterocycles. The molecule has 3 heteroatoms. The van der Waals surface area contributed by atoms with Crippen LogP contribution in [0.5, 0.6) is 0 Å². The number of ether oxygens (including phenoxy) is 1. The summed E-state index contributed by atoms with van der Waals surface area (Å²) in [6.07, 6.45) is 4.51. The molecule has 1 N–H and O–H groups in total. The van der Waals surface area contributed by atoms with Crippen LogP contribution in [0.15, 0.2) is 35.9 Å². The highest BCUT2D eigenvalue weighted by atomic mass is 16.5. The molecule has 1 unspecified atom stereocenters. The second-order valence-electron chi connectivity index (χ2n) is 5.30. The monoisotopic (exact) mass is 274 g/mol. The second-order valence-corrected chi connectivity index (χ2v) is 5.30. The first-order chi connectivity index (χ1) is 9.80. The van der Waals surface area contributed by atoms with E-state index in [0.29, 0.717) is 6.04 Å². The molecule has 1 aliphatic heterocycles. The molecule has 0 aliphatic carbocycles. The van der Waals surface area contributed by atoms with Gasteiger partial charge in [0.25, 0.3) is 0 Å². The van der Waals surface area contributed by atoms with E-state index in [4.69, 9.17) is 4.74 Å². The lowest BCUT2D eigenvalue weighted by Gasteiger charge is -2.32. The summed E-state index contributed by atoms with van der Waals surface area (Å²) in [7, 11) is 3.80. The highest BCUT2D eigenvalue weighted by Crippen LogP contribution is 2.29. The number of benzene rings is 1. The van der Waals surface area contributed by atoms with E-state index in [9.17, 15) is 0 Å². The lowest BCUT2D eigenvalue weighted by molar-refractivity contribution is 0.222. The predicted molar refractivity (Wildman–Crippen MR) is 85.3 cm³/mol. The minimum atomic E-state index is 0.426. The summed E-state index contributed by atoms with van der Waals surface area (Å²) in [5.74, 6) is 0. The Morgan fingerprint density at radius 3 is 2.75 bits per heavy atom. The third kappa shape index (κ3) is 3.41. The van der Waals surface area contributed by atoms with E-state index in [2.05, 4.69) is 47.5 Å². The summed E-state index contributed by atoms with van der Waals surface area (Å²) >= 11 is 0. The Labute approximate surface area is 122 Å². The third-order valence-corrected chi connectivity index (χ3v) is 4.04. The Bertz CT molecular complexity index is 452. The van der Waals surface area contributed by atoms with Crippen LogP contribution >= 0.6 is 0 Å². The van der Waals surface area contributed by atoms with E-state index in [1.807, 2.05) is 7.05 Å². The quantitative estimate of drug-likeness (QED) is 0.807. The summed E-state index contributed by atoms with van der Waals surface area (Å²) < 4.78 is 5.22. The maximum atomic E-state index is 5.22. The first-order valence-corrected chi connectivity index (χ1v) is 7.48. The summed E-state index contributed by atoms with van der Waals surface area (Å²) in [5.41, 5.74) is 4.18. The van der Waals surface area contributed by atoms with Crippen LogP contribution in [0, 0.1) is 0 Å². The van der Waals surface area contributed by atoms with Crippen molar-refractivity contribution in [2.45, 2.75) is 25.8 Å². The summed E-state index contributed by atoms with van der Waals surface area (Å²) in [5, 5.41) is 3.41. The molecule has 20 heavy (non-hydrogen) atoms. The van der Waals surface area contributed by atoms with Crippen LogP contribution in [0.3, 0.4) is 0 Å². The van der Waals surface area contributed by atoms with E-state index in [-0.39, 0.29) is 0 Å². The van der Waals surface area contributed by atoms with E-state index < -0.39 is 0 Å². The first-order valence-electron chi connectivity index (χ1n) is 7.48. The zero-order chi connectivity index (χ0) is 14.4. The maximum Gasteiger partial charge on any atom is 0.0674 e. The molecule has 0 fully saturated rings. The van der Waals surface area contributed by atoms with Crippen LogP contribution in [-0.2, 0) is 4.74 Å². The predicted octanol–water partition coefficient (Wildman–Crippen LogP) is 3.14. The van der Waals surface area contributed by atoms with Crippen LogP contribution < -0.4 is 10.2 Å². The molecule has 1 atom stereocenters. The van der Waals surface area contributed by atoms with Crippen molar-refractivity contribution in [2.75, 3.05) is 38.8 Å². The smallest absolute Gasteiger partial charge is 0.0674 e. The average molecular weight is 274 g/mol. The fourth-order valence-electron chi connectivity index (χ4n) is 2.90. The fourth-order valence-corrected chi connectivity index (χ4v) is 2.90. The van der Waals surface area contributed by atoms with Gasteiger partial charge in [0.2, 0.25) is 0 Å². The molecule has 3 nitrogen and oxygen atoms in total. The minimum Gasteiger partial charge on any atom is -0.380 e. The number of para-hydroxylation sites is 1. The number of nitrogens with one attached hydrogen (secondary N) is 1. The van der Waals surface area contributed by atoms with Gasteiger partial charge in [0, 0.05) is 31.9 Å². The normalized spacial score (nSPS) is 16.9. The lowest BCUT2D eigenvalue weighted by atomic mass is 10.00. The van der Waals surface area contributed by atoms with Gasteiger partial charge < -0.3 is 15.0 Å². The van der Waals surface area contributed by atoms with Gasteiger partial charge in [-0.3, -0.25) is 0 Å². The number of hydrogen-bond acceptors (Lipinski definition) is 3. The molecule has 110 valence electrons. The van der Waals surface area contributed by atoms with Gasteiger partial charge >= 0.3 is 0 Å². The molecular formula is C17H26N2O. The van der Waals surface area contributed by atoms with Crippen LogP contribution in [-0.4, -0.2) is 33.9 Å². The Hall–Kier alpha value is -1.32. The van der Waals surface area contributed by atoms with E-state index >= 15 is 0 Å². The van der Waals surface area contributed by atoms with Gasteiger partial charge in [0.15, 0.2) is 0 Å². The van der Waals surface area contributed by atoms with Gasteiger partial charge in [-0.25, -0.2) is 0 Å². The minimum absolute atomic E-state index is 0.426. The lowest BCUT2D eigenvalue weighted by Crippen LogP contribution is -2.31. The van der Waals surface area contributed by atoms with Crippen LogP contribution in [0.25, 0.3) is 0 Å². The summed E-state index contributed by atoms with van der Waals surface area (Å²) in [6.45, 7) is 5.05. The third-order valence-electron chi connectivity index (χ3n) is 4.04. The van der Waals surface area contributed by atoms with Gasteiger partial charge in [-0.1, -0.05) is 31.2 Å². The first kappa shape index (κ1) is 15.1. The largest absolute Gasteiger partial charge is 0.380 e. The number of hydrogen-bond donors (Lipinski definition) is 1. The standard InChI is InChI=1S/C17H26N2O/c1-4-16(18-2)15-7-5-6-8-17(15)19-11-9-14(10-12-19)13-20-3/h5-9,16,18H,4,10-13H2,1-3H3. The van der Waals surface area contributed by atoms with Crippen molar-refractivity contribution < 1.29 is 4.74 Å². The molecule has 1 aromatic rings. The second kappa shape index (κ2) is 7.46. The number of nitrogens with zero attached hydrogens (tertiary/aromatic N) is 1. The van der Waals surface area contributed by atoms with Crippen LogP contribution in [0.1, 0.15) is 31.4 Å². The molecule has 2 rings (SSSR count). The van der Waals surface area contributed by atoms with Gasteiger partial charge in [-0.2, -0.15) is 0 Å². The molecule has 0 saturated heterocycles. The zero-order valence-corrected chi connectivity index (χ0v) is 12.9. The molecule has 1 aliphatic rings. The summed E-state index contributed by atoms with van der Waals surface area (Å²) in [4.78, 5) is 2.47. The number of rotatable bonds is 6. The number of methoxy groups -OCH3 is 1. The van der Waals surface area contributed by atoms with Gasteiger partial charge in [0.1, 0.15) is 0 Å². The molecule has 0 spiro atoms. The summed E-state index contributed by atoms with van der Waals surface area (Å²) in [6, 6.07) is 9.18. The van der Waals surface area contributed by atoms with Crippen molar-refractivity contribution in [3.8, 4) is 0 Å². The van der Waals surface area contributed by atoms with E-state index in [0.717, 1.165) is 32.5 Å². The van der Waals surface area contributed by atoms with Gasteiger partial charge in [-0.05, 0) is 37.1 Å². The Kier molecular flexibility index (Phi) is 5.62. The van der Waals surface area contributed by atoms with Crippen LogP contribution in [0.2, 0.25) is 0 Å². The van der Waals surface area contributed by atoms with Crippen molar-refractivity contribution >= 4 is 5.69 Å². The maximum absolute atomic E-state index is 5.22. The van der Waals surface area contributed by atoms with E-state index in [1.165, 1.54) is 16.8 Å². The molecule has 1 aromatic carbocycles. The molecule has 0 bridgehead atoms. The number of anilines is 1. The molecule has 0 aromatic heterocycles. The molecule has 0 radical (unpaired) electrons. The Morgan fingerprint density at radius 1 is 1.35 bits per heavy atom. The Morgan fingerprint density at radius 2 is 2.15 bits per heavy atom. The molecule has 0 saturated carbocycles. The van der Waals surface area contributed by atoms with E-state index in [1.54, 1.807) is 7.11 Å².